The second-order valence-corrected chi connectivity index (χ2v) is 6.47. The molecule has 1 aliphatic heterocycles. The van der Waals surface area contributed by atoms with Crippen molar-refractivity contribution in [1.29, 1.82) is 0 Å². The van der Waals surface area contributed by atoms with Gasteiger partial charge in [-0.2, -0.15) is 0 Å². The Balaban J connectivity index is 1.77. The van der Waals surface area contributed by atoms with E-state index in [4.69, 9.17) is 9.26 Å². The lowest BCUT2D eigenvalue weighted by molar-refractivity contribution is 0.0256. The Bertz CT molecular complexity index is 440. The van der Waals surface area contributed by atoms with Crippen molar-refractivity contribution in [2.45, 2.75) is 58.2 Å². The van der Waals surface area contributed by atoms with E-state index in [0.29, 0.717) is 12.6 Å². The molecule has 1 atom stereocenters. The predicted molar refractivity (Wildman–Crippen MR) is 78.8 cm³/mol. The minimum Gasteiger partial charge on any atom is -0.444 e. The zero-order chi connectivity index (χ0) is 15.3. The van der Waals surface area contributed by atoms with Crippen LogP contribution >= 0.6 is 0 Å². The highest BCUT2D eigenvalue weighted by molar-refractivity contribution is 5.68. The van der Waals surface area contributed by atoms with Crippen LogP contribution in [0.4, 0.5) is 4.79 Å². The fraction of sp³-hybridized carbons (Fsp3) is 0.733. The van der Waals surface area contributed by atoms with Crippen LogP contribution < -0.4 is 5.32 Å². The van der Waals surface area contributed by atoms with Crippen LogP contribution in [-0.4, -0.2) is 40.9 Å². The van der Waals surface area contributed by atoms with Crippen molar-refractivity contribution in [3.63, 3.8) is 0 Å². The van der Waals surface area contributed by atoms with Crippen LogP contribution in [-0.2, 0) is 11.3 Å². The number of ether oxygens (including phenoxy) is 1. The van der Waals surface area contributed by atoms with Gasteiger partial charge in [0.2, 0.25) is 0 Å². The molecule has 1 aromatic rings. The highest BCUT2D eigenvalue weighted by atomic mass is 16.6. The van der Waals surface area contributed by atoms with Gasteiger partial charge in [-0.3, -0.25) is 0 Å². The van der Waals surface area contributed by atoms with Gasteiger partial charge in [-0.05, 0) is 40.0 Å². The smallest absolute Gasteiger partial charge is 0.410 e. The van der Waals surface area contributed by atoms with E-state index >= 15 is 0 Å². The van der Waals surface area contributed by atoms with E-state index in [2.05, 4.69) is 10.5 Å². The van der Waals surface area contributed by atoms with Gasteiger partial charge >= 0.3 is 6.09 Å². The zero-order valence-electron chi connectivity index (χ0n) is 13.1. The Kier molecular flexibility index (Phi) is 5.22. The molecule has 1 saturated heterocycles. The third-order valence-corrected chi connectivity index (χ3v) is 3.44. The molecular formula is C15H25N3O3. The number of hydrogen-bond donors (Lipinski definition) is 1. The van der Waals surface area contributed by atoms with Crippen LogP contribution in [0.15, 0.2) is 16.9 Å². The van der Waals surface area contributed by atoms with Crippen LogP contribution in [0.25, 0.3) is 0 Å². The number of nitrogens with one attached hydrogen (secondary N) is 1. The van der Waals surface area contributed by atoms with Crippen molar-refractivity contribution in [1.82, 2.24) is 15.4 Å². The Morgan fingerprint density at radius 3 is 2.95 bits per heavy atom. The first kappa shape index (κ1) is 15.8. The van der Waals surface area contributed by atoms with E-state index in [-0.39, 0.29) is 6.09 Å². The summed E-state index contributed by atoms with van der Waals surface area (Å²) in [6, 6.07) is 2.26. The fourth-order valence-electron chi connectivity index (χ4n) is 2.39. The minimum atomic E-state index is -0.437. The summed E-state index contributed by atoms with van der Waals surface area (Å²) in [4.78, 5) is 13.9. The maximum atomic E-state index is 12.1. The summed E-state index contributed by atoms with van der Waals surface area (Å²) in [5.74, 6) is 0. The number of likely N-dealkylation sites (tertiary alicyclic amines) is 1. The second-order valence-electron chi connectivity index (χ2n) is 6.47. The summed E-state index contributed by atoms with van der Waals surface area (Å²) < 4.78 is 10.2. The van der Waals surface area contributed by atoms with E-state index in [1.54, 1.807) is 6.26 Å². The van der Waals surface area contributed by atoms with Gasteiger partial charge < -0.3 is 19.5 Å². The third-order valence-electron chi connectivity index (χ3n) is 3.44. The maximum absolute atomic E-state index is 12.1. The average molecular weight is 295 g/mol. The van der Waals surface area contributed by atoms with Crippen LogP contribution in [0.3, 0.4) is 0 Å². The van der Waals surface area contributed by atoms with E-state index in [9.17, 15) is 4.79 Å². The molecule has 2 rings (SSSR count). The van der Waals surface area contributed by atoms with Crippen molar-refractivity contribution in [3.05, 3.63) is 18.0 Å². The summed E-state index contributed by atoms with van der Waals surface area (Å²) in [5, 5.41) is 7.36. The molecule has 0 unspecified atom stereocenters. The van der Waals surface area contributed by atoms with Gasteiger partial charge in [-0.15, -0.1) is 0 Å². The first-order chi connectivity index (χ1) is 9.94. The summed E-state index contributed by atoms with van der Waals surface area (Å²) in [7, 11) is 0. The van der Waals surface area contributed by atoms with Gasteiger partial charge in [-0.1, -0.05) is 5.16 Å². The van der Waals surface area contributed by atoms with Crippen molar-refractivity contribution in [2.24, 2.45) is 0 Å². The Morgan fingerprint density at radius 1 is 1.48 bits per heavy atom. The summed E-state index contributed by atoms with van der Waals surface area (Å²) in [6.45, 7) is 7.87. The topological polar surface area (TPSA) is 67.6 Å². The van der Waals surface area contributed by atoms with Crippen molar-refractivity contribution >= 4 is 6.09 Å². The van der Waals surface area contributed by atoms with Crippen LogP contribution in [0.1, 0.15) is 45.7 Å². The maximum Gasteiger partial charge on any atom is 0.410 e. The van der Waals surface area contributed by atoms with Crippen molar-refractivity contribution < 1.29 is 14.1 Å². The molecule has 1 N–H and O–H groups in total. The van der Waals surface area contributed by atoms with Crippen LogP contribution in [0, 0.1) is 0 Å². The lowest BCUT2D eigenvalue weighted by Crippen LogP contribution is -2.38. The fourth-order valence-corrected chi connectivity index (χ4v) is 2.39. The molecule has 1 amide bonds. The van der Waals surface area contributed by atoms with E-state index in [1.165, 1.54) is 0 Å². The van der Waals surface area contributed by atoms with Gasteiger partial charge in [0.05, 0.1) is 5.69 Å². The molecule has 6 heteroatoms. The molecule has 0 bridgehead atoms. The quantitative estimate of drug-likeness (QED) is 0.928. The molecule has 0 aromatic carbocycles. The minimum absolute atomic E-state index is 0.209. The van der Waals surface area contributed by atoms with Gasteiger partial charge in [0.15, 0.2) is 0 Å². The molecular weight excluding hydrogens is 270 g/mol. The molecule has 21 heavy (non-hydrogen) atoms. The molecule has 118 valence electrons. The SMILES string of the molecule is CC(C)(C)OC(=O)N1CCC[C@H](NCc2ccon2)CC1. The van der Waals surface area contributed by atoms with Gasteiger partial charge in [0.25, 0.3) is 0 Å². The monoisotopic (exact) mass is 295 g/mol. The lowest BCUT2D eigenvalue weighted by atomic mass is 10.1. The molecule has 1 aromatic heterocycles. The summed E-state index contributed by atoms with van der Waals surface area (Å²) in [6.07, 6.45) is 4.33. The van der Waals surface area contributed by atoms with Gasteiger partial charge in [0.1, 0.15) is 11.9 Å². The second kappa shape index (κ2) is 6.93. The number of nitrogens with zero attached hydrogens (tertiary/aromatic N) is 2. The molecule has 6 nitrogen and oxygen atoms in total. The van der Waals surface area contributed by atoms with Crippen LogP contribution in [0.2, 0.25) is 0 Å². The highest BCUT2D eigenvalue weighted by Gasteiger charge is 2.25. The standard InChI is InChI=1S/C15H25N3O3/c1-15(2,3)21-14(19)18-8-4-5-12(6-9-18)16-11-13-7-10-20-17-13/h7,10,12,16H,4-6,8-9,11H2,1-3H3/t12-/m0/s1. The van der Waals surface area contributed by atoms with E-state index in [1.807, 2.05) is 31.7 Å². The number of rotatable bonds is 3. The first-order valence-electron chi connectivity index (χ1n) is 7.54. The number of aromatic nitrogens is 1. The summed E-state index contributed by atoms with van der Waals surface area (Å²) >= 11 is 0. The molecule has 0 spiro atoms. The summed E-state index contributed by atoms with van der Waals surface area (Å²) in [5.41, 5.74) is 0.469. The van der Waals surface area contributed by atoms with Crippen LogP contribution in [0.5, 0.6) is 0 Å². The Hall–Kier alpha value is -1.56. The number of carbonyl (C=O) groups excluding carboxylic acids is 1. The molecule has 0 radical (unpaired) electrons. The highest BCUT2D eigenvalue weighted by Crippen LogP contribution is 2.15. The number of hydrogen-bond acceptors (Lipinski definition) is 5. The molecule has 0 aliphatic carbocycles. The first-order valence-corrected chi connectivity index (χ1v) is 7.54. The Labute approximate surface area is 125 Å². The van der Waals surface area contributed by atoms with Crippen molar-refractivity contribution in [2.75, 3.05) is 13.1 Å². The largest absolute Gasteiger partial charge is 0.444 e. The zero-order valence-corrected chi connectivity index (χ0v) is 13.1. The van der Waals surface area contributed by atoms with Crippen molar-refractivity contribution in [3.8, 4) is 0 Å². The number of carbonyl (C=O) groups is 1. The average Bonchev–Trinajstić information content (AvgIpc) is 2.78. The van der Waals surface area contributed by atoms with Gasteiger partial charge in [-0.25, -0.2) is 4.79 Å². The molecule has 2 heterocycles. The molecule has 0 saturated carbocycles. The number of amides is 1. The van der Waals surface area contributed by atoms with Gasteiger partial charge in [0, 0.05) is 31.7 Å². The predicted octanol–water partition coefficient (Wildman–Crippen LogP) is 2.55. The lowest BCUT2D eigenvalue weighted by Gasteiger charge is -2.26. The van der Waals surface area contributed by atoms with E-state index in [0.717, 1.165) is 38.0 Å². The molecule has 1 aliphatic rings. The van der Waals surface area contributed by atoms with E-state index < -0.39 is 5.60 Å². The Morgan fingerprint density at radius 2 is 2.29 bits per heavy atom. The normalized spacial score (nSPS) is 20.1. The third kappa shape index (κ3) is 5.38. The molecule has 1 fully saturated rings.